The van der Waals surface area contributed by atoms with E-state index in [0.29, 0.717) is 0 Å². The quantitative estimate of drug-likeness (QED) is 0.360. The molecule has 1 fully saturated rings. The number of hydrogen-bond acceptors (Lipinski definition) is 6. The molecule has 0 bridgehead atoms. The van der Waals surface area contributed by atoms with E-state index in [4.69, 9.17) is 56.2 Å². The Kier molecular flexibility index (Phi) is 5.14. The molecule has 0 radical (unpaired) electrons. The van der Waals surface area contributed by atoms with Gasteiger partial charge in [0.15, 0.2) is 0 Å². The molecule has 1 saturated heterocycles. The predicted octanol–water partition coefficient (Wildman–Crippen LogP) is 2.95. The maximum absolute atomic E-state index is 12.0. The third kappa shape index (κ3) is 2.83. The van der Waals surface area contributed by atoms with Crippen LogP contribution in [0.2, 0.25) is 0 Å². The van der Waals surface area contributed by atoms with Crippen molar-refractivity contribution in [2.75, 3.05) is 0 Å². The summed E-state index contributed by atoms with van der Waals surface area (Å²) in [5, 5.41) is 0. The summed E-state index contributed by atoms with van der Waals surface area (Å²) in [5.74, 6) is 0. The second kappa shape index (κ2) is 5.17. The van der Waals surface area contributed by atoms with Gasteiger partial charge in [0.1, 0.15) is 0 Å². The van der Waals surface area contributed by atoms with Crippen LogP contribution in [0.3, 0.4) is 0 Å². The summed E-state index contributed by atoms with van der Waals surface area (Å²) in [6.45, 7) is 0. The van der Waals surface area contributed by atoms with Crippen LogP contribution in [0.25, 0.3) is 0 Å². The van der Waals surface area contributed by atoms with Crippen molar-refractivity contribution in [3.63, 3.8) is 0 Å². The third-order valence-electron chi connectivity index (χ3n) is 1.80. The molecule has 1 aliphatic rings. The molecule has 0 aromatic heterocycles. The van der Waals surface area contributed by atoms with Crippen molar-refractivity contribution in [1.82, 2.24) is 0 Å². The molecule has 0 amide bonds. The lowest BCUT2D eigenvalue weighted by molar-refractivity contribution is 0.286. The van der Waals surface area contributed by atoms with Gasteiger partial charge >= 0.3 is 38.0 Å². The van der Waals surface area contributed by atoms with Crippen LogP contribution in [-0.2, 0) is 26.9 Å². The highest BCUT2D eigenvalue weighted by Gasteiger charge is 2.76. The highest BCUT2D eigenvalue weighted by Crippen LogP contribution is 2.95. The van der Waals surface area contributed by atoms with E-state index in [9.17, 15) is 28.0 Å². The molecule has 1 aliphatic heterocycles. The molecular formula is C2H4Cl4O10P4. The third-order valence-corrected chi connectivity index (χ3v) is 16.2. The Morgan fingerprint density at radius 3 is 1.55 bits per heavy atom. The van der Waals surface area contributed by atoms with Crippen molar-refractivity contribution in [2.24, 2.45) is 0 Å². The zero-order valence-electron chi connectivity index (χ0n) is 8.54. The topological polar surface area (TPSA) is 168 Å². The molecule has 2 atom stereocenters. The molecule has 0 spiro atoms. The minimum absolute atomic E-state index is 3.45. The molecule has 4 N–H and O–H groups in total. The van der Waals surface area contributed by atoms with E-state index in [1.54, 1.807) is 0 Å². The van der Waals surface area contributed by atoms with Crippen LogP contribution >= 0.6 is 76.8 Å². The highest BCUT2D eigenvalue weighted by atomic mass is 35.5. The first kappa shape index (κ1) is 19.9. The monoisotopic (exact) mass is 452 g/mol. The lowest BCUT2D eigenvalue weighted by Crippen LogP contribution is -2.27. The zero-order chi connectivity index (χ0) is 16.4. The van der Waals surface area contributed by atoms with Crippen molar-refractivity contribution in [2.45, 2.75) is 7.63 Å². The molecule has 0 aliphatic carbocycles. The first-order valence-electron chi connectivity index (χ1n) is 3.91. The van der Waals surface area contributed by atoms with E-state index in [2.05, 4.69) is 8.62 Å². The Morgan fingerprint density at radius 2 is 1.30 bits per heavy atom. The average Bonchev–Trinajstić information content (AvgIpc) is 2.10. The van der Waals surface area contributed by atoms with Crippen LogP contribution in [0, 0.1) is 0 Å². The van der Waals surface area contributed by atoms with E-state index >= 15 is 0 Å². The fourth-order valence-electron chi connectivity index (χ4n) is 0.822. The maximum Gasteiger partial charge on any atom is 0.393 e. The standard InChI is InChI=1S/C2H4Cl4O10P4/c3-1(4,17(7,8)9)20(14)15-18(10,11)2(5,6)19(12,13)16-20/h(H,10,11)(H,12,13)(H2,7,8,9). The van der Waals surface area contributed by atoms with E-state index < -0.39 is 38.0 Å². The molecule has 0 aromatic carbocycles. The smallest absolute Gasteiger partial charge is 0.322 e. The maximum atomic E-state index is 12.0. The summed E-state index contributed by atoms with van der Waals surface area (Å²) in [4.78, 5) is 36.3. The first-order chi connectivity index (χ1) is 8.41. The Bertz CT molecular complexity index is 587. The van der Waals surface area contributed by atoms with Gasteiger partial charge in [-0.1, -0.05) is 46.4 Å². The molecule has 10 nitrogen and oxygen atoms in total. The Balaban J connectivity index is 3.55. The summed E-state index contributed by atoms with van der Waals surface area (Å²) in [6, 6.07) is 0. The molecule has 0 saturated carbocycles. The minimum Gasteiger partial charge on any atom is -0.322 e. The van der Waals surface area contributed by atoms with Crippen LogP contribution in [0.1, 0.15) is 0 Å². The fourth-order valence-corrected chi connectivity index (χ4v) is 11.2. The number of rotatable bonds is 2. The second-order valence-corrected chi connectivity index (χ2v) is 16.9. The number of hydrogen-bond donors (Lipinski definition) is 4. The van der Waals surface area contributed by atoms with Crippen LogP contribution in [0.5, 0.6) is 0 Å². The van der Waals surface area contributed by atoms with Crippen molar-refractivity contribution >= 4 is 76.8 Å². The Hall–Kier alpha value is 1.84. The lowest BCUT2D eigenvalue weighted by Gasteiger charge is -2.39. The molecule has 18 heteroatoms. The lowest BCUT2D eigenvalue weighted by atomic mass is 11.8. The van der Waals surface area contributed by atoms with E-state index in [1.165, 1.54) is 0 Å². The summed E-state index contributed by atoms with van der Waals surface area (Å²) < 4.78 is 46.9. The summed E-state index contributed by atoms with van der Waals surface area (Å²) in [5.41, 5.74) is 0. The Morgan fingerprint density at radius 1 is 1.00 bits per heavy atom. The van der Waals surface area contributed by atoms with E-state index in [1.807, 2.05) is 0 Å². The summed E-state index contributed by atoms with van der Waals surface area (Å²) in [7, 11) is -22.5. The van der Waals surface area contributed by atoms with Crippen LogP contribution in [0.15, 0.2) is 0 Å². The summed E-state index contributed by atoms with van der Waals surface area (Å²) in [6.07, 6.45) is 0. The van der Waals surface area contributed by atoms with Crippen molar-refractivity contribution < 1.29 is 46.5 Å². The molecule has 0 aromatic rings. The van der Waals surface area contributed by atoms with Gasteiger partial charge in [0.25, 0.3) is 0 Å². The van der Waals surface area contributed by atoms with Gasteiger partial charge in [0.05, 0.1) is 0 Å². The van der Waals surface area contributed by atoms with Crippen LogP contribution in [0.4, 0.5) is 0 Å². The molecule has 1 heterocycles. The van der Waals surface area contributed by atoms with Crippen LogP contribution < -0.4 is 0 Å². The van der Waals surface area contributed by atoms with Gasteiger partial charge in [-0.3, -0.25) is 18.3 Å². The van der Waals surface area contributed by atoms with E-state index in [-0.39, 0.29) is 0 Å². The Labute approximate surface area is 131 Å². The van der Waals surface area contributed by atoms with Gasteiger partial charge in [-0.15, -0.1) is 0 Å². The average molecular weight is 454 g/mol. The minimum atomic E-state index is -5.69. The van der Waals surface area contributed by atoms with Gasteiger partial charge < -0.3 is 19.6 Å². The van der Waals surface area contributed by atoms with Gasteiger partial charge in [-0.2, -0.15) is 0 Å². The molecular weight excluding hydrogens is 450 g/mol. The first-order valence-corrected chi connectivity index (χ1v) is 11.7. The van der Waals surface area contributed by atoms with Gasteiger partial charge in [0, 0.05) is 0 Å². The molecule has 1 rings (SSSR count). The SMILES string of the molecule is O=P(O)(O)C(Cl)(Cl)P1(=O)OP(=O)(O)C(Cl)(Cl)P(=O)(O)O1. The summed E-state index contributed by atoms with van der Waals surface area (Å²) >= 11 is 20.5. The van der Waals surface area contributed by atoms with Crippen molar-refractivity contribution in [1.29, 1.82) is 0 Å². The van der Waals surface area contributed by atoms with Gasteiger partial charge in [-0.25, -0.2) is 8.62 Å². The van der Waals surface area contributed by atoms with Crippen molar-refractivity contribution in [3.05, 3.63) is 0 Å². The van der Waals surface area contributed by atoms with Crippen molar-refractivity contribution in [3.8, 4) is 0 Å². The van der Waals surface area contributed by atoms with Gasteiger partial charge in [0.2, 0.25) is 0 Å². The predicted molar refractivity (Wildman–Crippen MR) is 70.3 cm³/mol. The normalized spacial score (nSPS) is 42.4. The largest absolute Gasteiger partial charge is 0.393 e. The zero-order valence-corrected chi connectivity index (χ0v) is 15.1. The second-order valence-electron chi connectivity index (χ2n) is 3.26. The molecule has 20 heavy (non-hydrogen) atoms. The number of alkyl halides is 4. The van der Waals surface area contributed by atoms with E-state index in [0.717, 1.165) is 0 Å². The molecule has 2 unspecified atom stereocenters. The fraction of sp³-hybridized carbons (Fsp3) is 1.00. The highest BCUT2D eigenvalue weighted by molar-refractivity contribution is 7.92. The molecule has 120 valence electrons. The number of halogens is 4. The van der Waals surface area contributed by atoms with Crippen LogP contribution in [-0.4, -0.2) is 27.2 Å². The van der Waals surface area contributed by atoms with Gasteiger partial charge in [-0.05, 0) is 0 Å².